The molecule has 3 nitrogen and oxygen atoms in total. The van der Waals surface area contributed by atoms with Crippen LogP contribution >= 0.6 is 0 Å². The van der Waals surface area contributed by atoms with Crippen LogP contribution in [0.15, 0.2) is 30.3 Å². The van der Waals surface area contributed by atoms with E-state index in [2.05, 4.69) is 18.9 Å². The van der Waals surface area contributed by atoms with Crippen molar-refractivity contribution in [1.29, 1.82) is 0 Å². The molecule has 17 heavy (non-hydrogen) atoms. The lowest BCUT2D eigenvalue weighted by molar-refractivity contribution is -0.149. The van der Waals surface area contributed by atoms with Gasteiger partial charge in [0.15, 0.2) is 0 Å². The molecule has 1 aliphatic rings. The molecule has 2 atom stereocenters. The van der Waals surface area contributed by atoms with Gasteiger partial charge in [-0.2, -0.15) is 0 Å². The van der Waals surface area contributed by atoms with Crippen molar-refractivity contribution in [2.24, 2.45) is 5.92 Å². The van der Waals surface area contributed by atoms with Gasteiger partial charge in [0.25, 0.3) is 0 Å². The summed E-state index contributed by atoms with van der Waals surface area (Å²) in [7, 11) is 2.05. The van der Waals surface area contributed by atoms with Gasteiger partial charge in [0.2, 0.25) is 0 Å². The van der Waals surface area contributed by atoms with Gasteiger partial charge >= 0.3 is 5.97 Å². The SMILES string of the molecule is C[C@H]1C[C@@H](C(=O)OCc2ccccc2)CN1C. The summed E-state index contributed by atoms with van der Waals surface area (Å²) in [6.07, 6.45) is 0.907. The molecule has 0 aliphatic carbocycles. The van der Waals surface area contributed by atoms with Gasteiger partial charge in [-0.1, -0.05) is 30.3 Å². The molecule has 0 aromatic heterocycles. The van der Waals surface area contributed by atoms with E-state index in [1.54, 1.807) is 0 Å². The molecule has 0 radical (unpaired) electrons. The first-order chi connectivity index (χ1) is 8.16. The fourth-order valence-electron chi connectivity index (χ4n) is 2.21. The van der Waals surface area contributed by atoms with Crippen molar-refractivity contribution in [3.8, 4) is 0 Å². The van der Waals surface area contributed by atoms with E-state index in [4.69, 9.17) is 4.74 Å². The molecule has 0 N–H and O–H groups in total. The number of hydrogen-bond donors (Lipinski definition) is 0. The predicted octanol–water partition coefficient (Wildman–Crippen LogP) is 2.07. The molecule has 0 saturated carbocycles. The van der Waals surface area contributed by atoms with Gasteiger partial charge in [-0.15, -0.1) is 0 Å². The van der Waals surface area contributed by atoms with E-state index >= 15 is 0 Å². The normalized spacial score (nSPS) is 24.8. The average Bonchev–Trinajstić information content (AvgIpc) is 2.68. The Morgan fingerprint density at radius 3 is 2.71 bits per heavy atom. The Labute approximate surface area is 102 Å². The Morgan fingerprint density at radius 1 is 1.41 bits per heavy atom. The van der Waals surface area contributed by atoms with Gasteiger partial charge in [-0.25, -0.2) is 0 Å². The molecule has 1 aromatic carbocycles. The van der Waals surface area contributed by atoms with Crippen LogP contribution in [0.5, 0.6) is 0 Å². The van der Waals surface area contributed by atoms with E-state index in [1.165, 1.54) is 0 Å². The van der Waals surface area contributed by atoms with E-state index in [0.717, 1.165) is 18.5 Å². The van der Waals surface area contributed by atoms with Gasteiger partial charge in [0.1, 0.15) is 6.61 Å². The highest BCUT2D eigenvalue weighted by molar-refractivity contribution is 5.73. The number of rotatable bonds is 3. The molecule has 0 amide bonds. The second kappa shape index (κ2) is 5.32. The average molecular weight is 233 g/mol. The Balaban J connectivity index is 1.82. The summed E-state index contributed by atoms with van der Waals surface area (Å²) in [4.78, 5) is 14.1. The largest absolute Gasteiger partial charge is 0.461 e. The van der Waals surface area contributed by atoms with Crippen LogP contribution in [-0.2, 0) is 16.1 Å². The monoisotopic (exact) mass is 233 g/mol. The topological polar surface area (TPSA) is 29.5 Å². The maximum atomic E-state index is 11.9. The molecule has 3 heteroatoms. The minimum absolute atomic E-state index is 0.0405. The number of likely N-dealkylation sites (tertiary alicyclic amines) is 1. The van der Waals surface area contributed by atoms with Gasteiger partial charge in [0, 0.05) is 12.6 Å². The van der Waals surface area contributed by atoms with Crippen LogP contribution in [-0.4, -0.2) is 30.5 Å². The predicted molar refractivity (Wildman–Crippen MR) is 66.4 cm³/mol. The van der Waals surface area contributed by atoms with Gasteiger partial charge < -0.3 is 9.64 Å². The third-order valence-corrected chi connectivity index (χ3v) is 3.44. The van der Waals surface area contributed by atoms with Crippen molar-refractivity contribution >= 4 is 5.97 Å². The molecule has 1 aromatic rings. The number of carbonyl (C=O) groups excluding carboxylic acids is 1. The third kappa shape index (κ3) is 3.07. The van der Waals surface area contributed by atoms with Crippen LogP contribution < -0.4 is 0 Å². The highest BCUT2D eigenvalue weighted by Crippen LogP contribution is 2.22. The van der Waals surface area contributed by atoms with Crippen molar-refractivity contribution in [1.82, 2.24) is 4.90 Å². The zero-order valence-corrected chi connectivity index (χ0v) is 10.4. The standard InChI is InChI=1S/C14H19NO2/c1-11-8-13(9-15(11)2)14(16)17-10-12-6-4-3-5-7-12/h3-7,11,13H,8-10H2,1-2H3/t11-,13+/m0/s1. The van der Waals surface area contributed by atoms with E-state index in [9.17, 15) is 4.79 Å². The minimum Gasteiger partial charge on any atom is -0.461 e. The molecular weight excluding hydrogens is 214 g/mol. The smallest absolute Gasteiger partial charge is 0.310 e. The van der Waals surface area contributed by atoms with Crippen LogP contribution in [0.1, 0.15) is 18.9 Å². The van der Waals surface area contributed by atoms with Crippen molar-refractivity contribution < 1.29 is 9.53 Å². The summed E-state index contributed by atoms with van der Waals surface area (Å²) in [5.41, 5.74) is 1.04. The van der Waals surface area contributed by atoms with Crippen LogP contribution in [0.3, 0.4) is 0 Å². The van der Waals surface area contributed by atoms with Crippen molar-refractivity contribution in [2.75, 3.05) is 13.6 Å². The van der Waals surface area contributed by atoms with Crippen molar-refractivity contribution in [3.05, 3.63) is 35.9 Å². The van der Waals surface area contributed by atoms with Crippen molar-refractivity contribution in [3.63, 3.8) is 0 Å². The number of hydrogen-bond acceptors (Lipinski definition) is 3. The lowest BCUT2D eigenvalue weighted by Gasteiger charge is -2.12. The lowest BCUT2D eigenvalue weighted by Crippen LogP contribution is -2.23. The Bertz CT molecular complexity index is 367. The molecule has 1 heterocycles. The van der Waals surface area contributed by atoms with E-state index in [0.29, 0.717) is 12.6 Å². The van der Waals surface area contributed by atoms with E-state index < -0.39 is 0 Å². The highest BCUT2D eigenvalue weighted by Gasteiger charge is 2.32. The number of benzene rings is 1. The van der Waals surface area contributed by atoms with Crippen LogP contribution in [0, 0.1) is 5.92 Å². The fraction of sp³-hybridized carbons (Fsp3) is 0.500. The minimum atomic E-state index is -0.0648. The van der Waals surface area contributed by atoms with E-state index in [1.807, 2.05) is 30.3 Å². The Hall–Kier alpha value is -1.35. The third-order valence-electron chi connectivity index (χ3n) is 3.44. The van der Waals surface area contributed by atoms with Crippen molar-refractivity contribution in [2.45, 2.75) is 26.0 Å². The molecule has 1 fully saturated rings. The highest BCUT2D eigenvalue weighted by atomic mass is 16.5. The summed E-state index contributed by atoms with van der Waals surface area (Å²) in [5, 5.41) is 0. The molecular formula is C14H19NO2. The zero-order chi connectivity index (χ0) is 12.3. The van der Waals surface area contributed by atoms with Gasteiger partial charge in [-0.3, -0.25) is 4.79 Å². The summed E-state index contributed by atoms with van der Waals surface area (Å²) in [6.45, 7) is 3.34. The van der Waals surface area contributed by atoms with Crippen LogP contribution in [0.25, 0.3) is 0 Å². The van der Waals surface area contributed by atoms with Crippen LogP contribution in [0.2, 0.25) is 0 Å². The first kappa shape index (κ1) is 12.1. The van der Waals surface area contributed by atoms with Gasteiger partial charge in [-0.05, 0) is 26.0 Å². The Kier molecular flexibility index (Phi) is 3.79. The fourth-order valence-corrected chi connectivity index (χ4v) is 2.21. The van der Waals surface area contributed by atoms with E-state index in [-0.39, 0.29) is 11.9 Å². The number of nitrogens with zero attached hydrogens (tertiary/aromatic N) is 1. The van der Waals surface area contributed by atoms with Gasteiger partial charge in [0.05, 0.1) is 5.92 Å². The molecule has 92 valence electrons. The molecule has 0 unspecified atom stereocenters. The maximum absolute atomic E-state index is 11.9. The molecule has 1 aliphatic heterocycles. The number of ether oxygens (including phenoxy) is 1. The second-order valence-corrected chi connectivity index (χ2v) is 4.81. The maximum Gasteiger partial charge on any atom is 0.310 e. The summed E-state index contributed by atoms with van der Waals surface area (Å²) >= 11 is 0. The summed E-state index contributed by atoms with van der Waals surface area (Å²) < 4.78 is 5.34. The first-order valence-electron chi connectivity index (χ1n) is 6.07. The number of carbonyl (C=O) groups is 1. The Morgan fingerprint density at radius 2 is 2.12 bits per heavy atom. The quantitative estimate of drug-likeness (QED) is 0.748. The molecule has 0 spiro atoms. The lowest BCUT2D eigenvalue weighted by atomic mass is 10.1. The second-order valence-electron chi connectivity index (χ2n) is 4.81. The molecule has 2 rings (SSSR count). The van der Waals surface area contributed by atoms with Crippen LogP contribution in [0.4, 0.5) is 0 Å². The number of esters is 1. The first-order valence-corrected chi connectivity index (χ1v) is 6.07. The zero-order valence-electron chi connectivity index (χ0n) is 10.4. The molecule has 0 bridgehead atoms. The summed E-state index contributed by atoms with van der Waals surface area (Å²) in [6, 6.07) is 10.3. The molecule has 1 saturated heterocycles. The summed E-state index contributed by atoms with van der Waals surface area (Å²) in [5.74, 6) is -0.0243.